The maximum atomic E-state index is 12.6. The van der Waals surface area contributed by atoms with Crippen molar-refractivity contribution in [1.82, 2.24) is 0 Å². The number of carbonyl (C=O) groups excluding carboxylic acids is 2. The minimum Gasteiger partial charge on any atom is -0.507 e. The summed E-state index contributed by atoms with van der Waals surface area (Å²) in [5.74, 6) is -1.66. The van der Waals surface area contributed by atoms with Gasteiger partial charge in [0.25, 0.3) is 0 Å². The van der Waals surface area contributed by atoms with Crippen molar-refractivity contribution < 1.29 is 29.3 Å². The highest BCUT2D eigenvalue weighted by Gasteiger charge is 2.37. The first-order chi connectivity index (χ1) is 12.4. The number of hydrogen-bond donors (Lipinski definition) is 2. The number of rotatable bonds is 0. The Labute approximate surface area is 155 Å². The molecule has 2 heterocycles. The summed E-state index contributed by atoms with van der Waals surface area (Å²) < 4.78 is 11.1. The van der Waals surface area contributed by atoms with E-state index in [0.29, 0.717) is 6.42 Å². The molecule has 1 fully saturated rings. The van der Waals surface area contributed by atoms with Gasteiger partial charge in [-0.05, 0) is 18.6 Å². The molecular formula is C19H19ClO6. The Morgan fingerprint density at radius 2 is 1.96 bits per heavy atom. The summed E-state index contributed by atoms with van der Waals surface area (Å²) in [7, 11) is 0. The van der Waals surface area contributed by atoms with Gasteiger partial charge in [0.15, 0.2) is 11.6 Å². The lowest BCUT2D eigenvalue weighted by atomic mass is 9.97. The molecule has 3 rings (SSSR count). The van der Waals surface area contributed by atoms with E-state index in [-0.39, 0.29) is 53.3 Å². The molecule has 2 aliphatic rings. The standard InChI is InChI=1S/C19H19ClO6/c1-10-6-17-16(26-17)5-3-2-4-11(21)7-12-18(15(24)9-25-10)13(22)8-14(23)19(12)20/h2-5,8,10,16-17,22-23H,6-7,9H2,1H3/b4-2+,5-3-/t10-,16-,17-/m1/s1. The van der Waals surface area contributed by atoms with Gasteiger partial charge in [0.2, 0.25) is 0 Å². The number of halogens is 1. The number of carbonyl (C=O) groups is 2. The molecule has 2 aliphatic heterocycles. The summed E-state index contributed by atoms with van der Waals surface area (Å²) in [6.07, 6.45) is 6.68. The summed E-state index contributed by atoms with van der Waals surface area (Å²) in [6.45, 7) is 1.56. The van der Waals surface area contributed by atoms with Crippen LogP contribution in [0.2, 0.25) is 5.02 Å². The molecule has 0 saturated carbocycles. The SMILES string of the molecule is C[C@@H]1C[C@H]2O[C@@H]2/C=C\C=C\C(=O)Cc2c(Cl)c(O)cc(O)c2C(=O)CO1. The molecule has 0 amide bonds. The van der Waals surface area contributed by atoms with Gasteiger partial charge in [0.1, 0.15) is 24.2 Å². The van der Waals surface area contributed by atoms with Crippen molar-refractivity contribution in [1.29, 1.82) is 0 Å². The fraction of sp³-hybridized carbons (Fsp3) is 0.368. The van der Waals surface area contributed by atoms with E-state index in [1.165, 1.54) is 6.08 Å². The quantitative estimate of drug-likeness (QED) is 0.674. The van der Waals surface area contributed by atoms with Crippen LogP contribution in [0.1, 0.15) is 29.3 Å². The predicted molar refractivity (Wildman–Crippen MR) is 94.8 cm³/mol. The van der Waals surface area contributed by atoms with Crippen LogP contribution in [0.3, 0.4) is 0 Å². The fourth-order valence-electron chi connectivity index (χ4n) is 2.93. The van der Waals surface area contributed by atoms with Crippen LogP contribution in [-0.4, -0.2) is 46.7 Å². The normalized spacial score (nSPS) is 29.1. The lowest BCUT2D eigenvalue weighted by Crippen LogP contribution is -2.19. The summed E-state index contributed by atoms with van der Waals surface area (Å²) >= 11 is 6.08. The first-order valence-electron chi connectivity index (χ1n) is 8.28. The topological polar surface area (TPSA) is 96.4 Å². The van der Waals surface area contributed by atoms with Gasteiger partial charge in [-0.15, -0.1) is 0 Å². The molecule has 6 nitrogen and oxygen atoms in total. The molecule has 7 heteroatoms. The zero-order valence-corrected chi connectivity index (χ0v) is 14.9. The number of aromatic hydroxyl groups is 2. The highest BCUT2D eigenvalue weighted by Crippen LogP contribution is 2.37. The average Bonchev–Trinajstić information content (AvgIpc) is 3.31. The summed E-state index contributed by atoms with van der Waals surface area (Å²) in [5, 5.41) is 19.8. The maximum absolute atomic E-state index is 12.6. The van der Waals surface area contributed by atoms with Crippen LogP contribution in [0.5, 0.6) is 11.5 Å². The van der Waals surface area contributed by atoms with Crippen LogP contribution < -0.4 is 0 Å². The number of epoxide rings is 1. The smallest absolute Gasteiger partial charge is 0.192 e. The Morgan fingerprint density at radius 1 is 1.19 bits per heavy atom. The number of fused-ring (bicyclic) bond motifs is 2. The van der Waals surface area contributed by atoms with Crippen LogP contribution in [0.4, 0.5) is 0 Å². The molecule has 1 aromatic rings. The van der Waals surface area contributed by atoms with E-state index in [1.54, 1.807) is 12.2 Å². The van der Waals surface area contributed by atoms with Crippen molar-refractivity contribution >= 4 is 23.2 Å². The average molecular weight is 379 g/mol. The van der Waals surface area contributed by atoms with Crippen LogP contribution in [-0.2, 0) is 20.7 Å². The van der Waals surface area contributed by atoms with Crippen LogP contribution in [0.15, 0.2) is 30.4 Å². The van der Waals surface area contributed by atoms with Crippen LogP contribution in [0, 0.1) is 0 Å². The maximum Gasteiger partial charge on any atom is 0.192 e. The molecule has 0 bridgehead atoms. The van der Waals surface area contributed by atoms with Crippen molar-refractivity contribution in [2.45, 2.75) is 38.1 Å². The fourth-order valence-corrected chi connectivity index (χ4v) is 3.15. The molecule has 1 aromatic carbocycles. The van der Waals surface area contributed by atoms with E-state index in [9.17, 15) is 19.8 Å². The van der Waals surface area contributed by atoms with E-state index in [0.717, 1.165) is 6.07 Å². The van der Waals surface area contributed by atoms with Gasteiger partial charge in [-0.3, -0.25) is 9.59 Å². The van der Waals surface area contributed by atoms with Crippen molar-refractivity contribution in [2.75, 3.05) is 6.61 Å². The van der Waals surface area contributed by atoms with Crippen LogP contribution in [0.25, 0.3) is 0 Å². The summed E-state index contributed by atoms with van der Waals surface area (Å²) in [5.41, 5.74) is -0.0159. The number of allylic oxidation sites excluding steroid dienone is 3. The minimum absolute atomic E-state index is 0.0192. The Balaban J connectivity index is 1.96. The molecule has 0 spiro atoms. The third-order valence-electron chi connectivity index (χ3n) is 4.33. The predicted octanol–water partition coefficient (Wildman–Crippen LogP) is 2.73. The van der Waals surface area contributed by atoms with Gasteiger partial charge < -0.3 is 19.7 Å². The molecule has 2 N–H and O–H groups in total. The van der Waals surface area contributed by atoms with Gasteiger partial charge in [-0.25, -0.2) is 0 Å². The first kappa shape index (κ1) is 18.6. The summed E-state index contributed by atoms with van der Waals surface area (Å²) in [4.78, 5) is 24.8. The Morgan fingerprint density at radius 3 is 2.73 bits per heavy atom. The number of phenolic OH excluding ortho intramolecular Hbond substituents is 2. The Kier molecular flexibility index (Phi) is 5.46. The second-order valence-electron chi connectivity index (χ2n) is 6.39. The summed E-state index contributed by atoms with van der Waals surface area (Å²) in [6, 6.07) is 0.988. The van der Waals surface area contributed by atoms with Crippen molar-refractivity contribution in [3.8, 4) is 11.5 Å². The molecule has 138 valence electrons. The molecule has 0 unspecified atom stereocenters. The molecule has 0 aliphatic carbocycles. The highest BCUT2D eigenvalue weighted by molar-refractivity contribution is 6.33. The van der Waals surface area contributed by atoms with E-state index in [4.69, 9.17) is 21.1 Å². The minimum atomic E-state index is -0.510. The van der Waals surface area contributed by atoms with E-state index in [1.807, 2.05) is 13.0 Å². The third-order valence-corrected chi connectivity index (χ3v) is 4.75. The van der Waals surface area contributed by atoms with E-state index in [2.05, 4.69) is 0 Å². The molecular weight excluding hydrogens is 360 g/mol. The van der Waals surface area contributed by atoms with Crippen LogP contribution >= 0.6 is 11.6 Å². The van der Waals surface area contributed by atoms with Gasteiger partial charge in [-0.1, -0.05) is 29.8 Å². The number of ether oxygens (including phenoxy) is 2. The number of benzene rings is 1. The Hall–Kier alpha value is -2.15. The second-order valence-corrected chi connectivity index (χ2v) is 6.77. The van der Waals surface area contributed by atoms with E-state index >= 15 is 0 Å². The van der Waals surface area contributed by atoms with Crippen molar-refractivity contribution in [3.63, 3.8) is 0 Å². The molecule has 1 saturated heterocycles. The third kappa shape index (κ3) is 4.15. The highest BCUT2D eigenvalue weighted by atomic mass is 35.5. The molecule has 0 radical (unpaired) electrons. The number of Topliss-reactive ketones (excluding diaryl/α,β-unsaturated/α-hetero) is 1. The van der Waals surface area contributed by atoms with Crippen molar-refractivity contribution in [2.24, 2.45) is 0 Å². The lowest BCUT2D eigenvalue weighted by molar-refractivity contribution is -0.114. The molecule has 3 atom stereocenters. The van der Waals surface area contributed by atoms with E-state index < -0.39 is 17.3 Å². The molecule has 26 heavy (non-hydrogen) atoms. The zero-order valence-electron chi connectivity index (χ0n) is 14.1. The lowest BCUT2D eigenvalue weighted by Gasteiger charge is -2.15. The number of phenols is 2. The van der Waals surface area contributed by atoms with Gasteiger partial charge in [-0.2, -0.15) is 0 Å². The molecule has 0 aromatic heterocycles. The van der Waals surface area contributed by atoms with Gasteiger partial charge in [0.05, 0.1) is 22.8 Å². The largest absolute Gasteiger partial charge is 0.507 e. The van der Waals surface area contributed by atoms with Crippen molar-refractivity contribution in [3.05, 3.63) is 46.5 Å². The van der Waals surface area contributed by atoms with Gasteiger partial charge >= 0.3 is 0 Å². The monoisotopic (exact) mass is 378 g/mol. The first-order valence-corrected chi connectivity index (χ1v) is 8.66. The number of hydrogen-bond acceptors (Lipinski definition) is 6. The van der Waals surface area contributed by atoms with Gasteiger partial charge in [0, 0.05) is 18.9 Å². The Bertz CT molecular complexity index is 798. The zero-order chi connectivity index (χ0) is 18.8. The number of ketones is 2. The second kappa shape index (κ2) is 7.61.